The summed E-state index contributed by atoms with van der Waals surface area (Å²) in [6, 6.07) is 7.23. The lowest BCUT2D eigenvalue weighted by atomic mass is 9.76. The average Bonchev–Trinajstić information content (AvgIpc) is 3.57. The number of fused-ring (bicyclic) bond motifs is 2. The number of aromatic nitrogens is 2. The van der Waals surface area contributed by atoms with Crippen molar-refractivity contribution in [3.8, 4) is 0 Å². The molecule has 3 aliphatic rings. The van der Waals surface area contributed by atoms with Gasteiger partial charge in [-0.3, -0.25) is 14.4 Å². The van der Waals surface area contributed by atoms with E-state index in [1.165, 1.54) is 0 Å². The molecule has 2 aliphatic heterocycles. The second kappa shape index (κ2) is 7.79. The lowest BCUT2D eigenvalue weighted by Gasteiger charge is -2.38. The number of amides is 2. The number of benzene rings is 1. The van der Waals surface area contributed by atoms with Crippen molar-refractivity contribution in [2.24, 2.45) is 5.92 Å². The van der Waals surface area contributed by atoms with Crippen LogP contribution in [0.15, 0.2) is 35.3 Å². The van der Waals surface area contributed by atoms with Gasteiger partial charge in [0.15, 0.2) is 0 Å². The zero-order valence-corrected chi connectivity index (χ0v) is 18.0. The van der Waals surface area contributed by atoms with Gasteiger partial charge in [-0.25, -0.2) is 0 Å². The Morgan fingerprint density at radius 2 is 1.90 bits per heavy atom. The van der Waals surface area contributed by atoms with E-state index in [2.05, 4.69) is 10.3 Å². The Balaban J connectivity index is 1.30. The van der Waals surface area contributed by atoms with Gasteiger partial charge in [-0.15, -0.1) is 0 Å². The van der Waals surface area contributed by atoms with Crippen molar-refractivity contribution >= 4 is 23.4 Å². The molecule has 1 aromatic heterocycles. The molecule has 0 radical (unpaired) electrons. The van der Waals surface area contributed by atoms with Crippen LogP contribution in [0, 0.1) is 5.92 Å². The van der Waals surface area contributed by atoms with Crippen LogP contribution < -0.4 is 10.9 Å². The van der Waals surface area contributed by atoms with Crippen molar-refractivity contribution in [3.63, 3.8) is 0 Å². The van der Waals surface area contributed by atoms with Gasteiger partial charge in [0.25, 0.3) is 11.5 Å². The fourth-order valence-corrected chi connectivity index (χ4v) is 5.04. The SMILES string of the molecule is O=C(NCc1cccc(Cl)c1)c1cn2c(nc1=O)C1(CCN(C(=O)C3CC3)CC1)CC2. The largest absolute Gasteiger partial charge is 0.348 e. The molecular formula is C23H25ClN4O3. The minimum Gasteiger partial charge on any atom is -0.348 e. The Bertz CT molecular complexity index is 1100. The molecule has 1 saturated carbocycles. The molecule has 2 amide bonds. The fourth-order valence-electron chi connectivity index (χ4n) is 4.83. The number of carbonyl (C=O) groups excluding carboxylic acids is 2. The van der Waals surface area contributed by atoms with Crippen molar-refractivity contribution < 1.29 is 9.59 Å². The lowest BCUT2D eigenvalue weighted by molar-refractivity contribution is -0.134. The van der Waals surface area contributed by atoms with Crippen molar-refractivity contribution in [1.29, 1.82) is 0 Å². The topological polar surface area (TPSA) is 84.3 Å². The van der Waals surface area contributed by atoms with E-state index in [9.17, 15) is 14.4 Å². The highest BCUT2D eigenvalue weighted by molar-refractivity contribution is 6.30. The number of carbonyl (C=O) groups is 2. The van der Waals surface area contributed by atoms with Gasteiger partial charge in [-0.2, -0.15) is 4.98 Å². The molecule has 1 N–H and O–H groups in total. The molecule has 1 saturated heterocycles. The van der Waals surface area contributed by atoms with Crippen molar-refractivity contribution in [2.45, 2.75) is 50.6 Å². The average molecular weight is 441 g/mol. The van der Waals surface area contributed by atoms with Crippen molar-refractivity contribution in [3.05, 3.63) is 62.8 Å². The van der Waals surface area contributed by atoms with Crippen LogP contribution in [0.25, 0.3) is 0 Å². The Morgan fingerprint density at radius 1 is 1.16 bits per heavy atom. The minimum absolute atomic E-state index is 0.0594. The van der Waals surface area contributed by atoms with E-state index in [0.717, 1.165) is 50.0 Å². The third-order valence-electron chi connectivity index (χ3n) is 6.85. The molecule has 0 unspecified atom stereocenters. The number of nitrogens with one attached hydrogen (secondary N) is 1. The molecule has 1 aliphatic carbocycles. The summed E-state index contributed by atoms with van der Waals surface area (Å²) in [6.45, 7) is 2.45. The molecule has 0 atom stereocenters. The molecule has 5 rings (SSSR count). The van der Waals surface area contributed by atoms with Crippen LogP contribution in [0.5, 0.6) is 0 Å². The van der Waals surface area contributed by atoms with Crippen LogP contribution in [-0.4, -0.2) is 39.4 Å². The maximum atomic E-state index is 12.7. The van der Waals surface area contributed by atoms with Gasteiger partial charge < -0.3 is 14.8 Å². The number of halogens is 1. The first-order chi connectivity index (χ1) is 14.9. The molecule has 2 aromatic rings. The number of nitrogens with zero attached hydrogens (tertiary/aromatic N) is 3. The highest BCUT2D eigenvalue weighted by Crippen LogP contribution is 2.43. The van der Waals surface area contributed by atoms with Gasteiger partial charge in [-0.1, -0.05) is 23.7 Å². The van der Waals surface area contributed by atoms with Gasteiger partial charge in [0.1, 0.15) is 11.4 Å². The van der Waals surface area contributed by atoms with E-state index in [1.807, 2.05) is 21.6 Å². The standard InChI is InChI=1S/C23H25ClN4O3/c24-17-3-1-2-15(12-17)13-25-19(29)18-14-28-11-8-23(22(28)26-20(18)30)6-9-27(10-7-23)21(31)16-4-5-16/h1-3,12,14,16H,4-11,13H2,(H,25,29). The lowest BCUT2D eigenvalue weighted by Crippen LogP contribution is -2.46. The molecule has 0 bridgehead atoms. The zero-order valence-electron chi connectivity index (χ0n) is 17.3. The van der Waals surface area contributed by atoms with E-state index in [-0.39, 0.29) is 29.3 Å². The Morgan fingerprint density at radius 3 is 2.61 bits per heavy atom. The first-order valence-electron chi connectivity index (χ1n) is 10.9. The van der Waals surface area contributed by atoms with Gasteiger partial charge in [0, 0.05) is 48.7 Å². The van der Waals surface area contributed by atoms with E-state index in [1.54, 1.807) is 18.3 Å². The molecule has 8 heteroatoms. The molecular weight excluding hydrogens is 416 g/mol. The molecule has 1 spiro atoms. The molecule has 3 heterocycles. The predicted octanol–water partition coefficient (Wildman–Crippen LogP) is 2.50. The molecule has 2 fully saturated rings. The number of piperidine rings is 1. The summed E-state index contributed by atoms with van der Waals surface area (Å²) in [5, 5.41) is 3.38. The summed E-state index contributed by atoms with van der Waals surface area (Å²) < 4.78 is 1.95. The Labute approximate surface area is 185 Å². The third kappa shape index (κ3) is 3.87. The summed E-state index contributed by atoms with van der Waals surface area (Å²) >= 11 is 5.98. The van der Waals surface area contributed by atoms with Crippen LogP contribution in [0.1, 0.15) is 53.8 Å². The van der Waals surface area contributed by atoms with E-state index in [0.29, 0.717) is 18.1 Å². The van der Waals surface area contributed by atoms with E-state index in [4.69, 9.17) is 11.6 Å². The van der Waals surface area contributed by atoms with Crippen LogP contribution in [0.2, 0.25) is 5.02 Å². The van der Waals surface area contributed by atoms with Gasteiger partial charge >= 0.3 is 0 Å². The molecule has 1 aromatic carbocycles. The number of likely N-dealkylation sites (tertiary alicyclic amines) is 1. The fraction of sp³-hybridized carbons (Fsp3) is 0.478. The summed E-state index contributed by atoms with van der Waals surface area (Å²) in [5.41, 5.74) is 0.258. The highest BCUT2D eigenvalue weighted by Gasteiger charge is 2.45. The highest BCUT2D eigenvalue weighted by atomic mass is 35.5. The zero-order chi connectivity index (χ0) is 21.6. The Kier molecular flexibility index (Phi) is 5.08. The third-order valence-corrected chi connectivity index (χ3v) is 7.08. The minimum atomic E-state index is -0.493. The first-order valence-corrected chi connectivity index (χ1v) is 11.3. The first kappa shape index (κ1) is 20.2. The van der Waals surface area contributed by atoms with E-state index < -0.39 is 11.5 Å². The maximum absolute atomic E-state index is 12.7. The van der Waals surface area contributed by atoms with Crippen LogP contribution in [-0.2, 0) is 23.3 Å². The summed E-state index contributed by atoms with van der Waals surface area (Å²) in [7, 11) is 0. The molecule has 162 valence electrons. The van der Waals surface area contributed by atoms with Crippen molar-refractivity contribution in [2.75, 3.05) is 13.1 Å². The quantitative estimate of drug-likeness (QED) is 0.791. The predicted molar refractivity (Wildman–Crippen MR) is 116 cm³/mol. The van der Waals surface area contributed by atoms with Gasteiger partial charge in [0.2, 0.25) is 5.91 Å². The van der Waals surface area contributed by atoms with Crippen LogP contribution in [0.4, 0.5) is 0 Å². The molecule has 31 heavy (non-hydrogen) atoms. The smallest absolute Gasteiger partial charge is 0.285 e. The van der Waals surface area contributed by atoms with Crippen LogP contribution >= 0.6 is 11.6 Å². The second-order valence-electron chi connectivity index (χ2n) is 8.92. The normalized spacial score (nSPS) is 19.3. The van der Waals surface area contributed by atoms with Crippen molar-refractivity contribution in [1.82, 2.24) is 19.8 Å². The van der Waals surface area contributed by atoms with E-state index >= 15 is 0 Å². The second-order valence-corrected chi connectivity index (χ2v) is 9.36. The Hall–Kier alpha value is -2.67. The van der Waals surface area contributed by atoms with Gasteiger partial charge in [-0.05, 0) is 49.8 Å². The number of aryl methyl sites for hydroxylation is 1. The number of rotatable bonds is 4. The van der Waals surface area contributed by atoms with Gasteiger partial charge in [0.05, 0.1) is 0 Å². The summed E-state index contributed by atoms with van der Waals surface area (Å²) in [6.07, 6.45) is 6.20. The summed E-state index contributed by atoms with van der Waals surface area (Å²) in [5.74, 6) is 0.851. The monoisotopic (exact) mass is 440 g/mol. The summed E-state index contributed by atoms with van der Waals surface area (Å²) in [4.78, 5) is 44.1. The number of hydrogen-bond donors (Lipinski definition) is 1. The molecule has 7 nitrogen and oxygen atoms in total. The number of hydrogen-bond acceptors (Lipinski definition) is 4. The van der Waals surface area contributed by atoms with Crippen LogP contribution in [0.3, 0.4) is 0 Å². The maximum Gasteiger partial charge on any atom is 0.285 e.